The number of halogens is 4. The minimum Gasteiger partial charge on any atom is -0.491 e. The van der Waals surface area contributed by atoms with Crippen molar-refractivity contribution < 1.29 is 22.3 Å². The molecule has 0 aromatic heterocycles. The van der Waals surface area contributed by atoms with E-state index in [0.717, 1.165) is 42.9 Å². The van der Waals surface area contributed by atoms with Crippen molar-refractivity contribution in [2.45, 2.75) is 45.4 Å². The first-order chi connectivity index (χ1) is 16.9. The van der Waals surface area contributed by atoms with Crippen molar-refractivity contribution in [3.8, 4) is 28.0 Å². The van der Waals surface area contributed by atoms with Gasteiger partial charge in [-0.25, -0.2) is 17.6 Å². The molecule has 0 N–H and O–H groups in total. The Morgan fingerprint density at radius 2 is 1.20 bits per heavy atom. The molecular weight excluding hydrogens is 452 g/mol. The van der Waals surface area contributed by atoms with Crippen molar-refractivity contribution >= 4 is 10.8 Å². The van der Waals surface area contributed by atoms with Gasteiger partial charge >= 0.3 is 0 Å². The van der Waals surface area contributed by atoms with Crippen LogP contribution in [-0.4, -0.2) is 7.11 Å². The minimum atomic E-state index is -1.03. The van der Waals surface area contributed by atoms with E-state index in [9.17, 15) is 17.6 Å². The normalized spacial score (nSPS) is 11.3. The number of methoxy groups -OCH3 is 1. The first-order valence-corrected chi connectivity index (χ1v) is 12.0. The van der Waals surface area contributed by atoms with E-state index >= 15 is 0 Å². The van der Waals surface area contributed by atoms with Gasteiger partial charge in [0.05, 0.1) is 12.7 Å². The first-order valence-electron chi connectivity index (χ1n) is 12.0. The largest absolute Gasteiger partial charge is 0.491 e. The Morgan fingerprint density at radius 3 is 1.86 bits per heavy atom. The van der Waals surface area contributed by atoms with Gasteiger partial charge in [-0.1, -0.05) is 62.9 Å². The molecule has 0 radical (unpaired) electrons. The number of fused-ring (bicyclic) bond motifs is 1. The molecule has 4 aromatic carbocycles. The summed E-state index contributed by atoms with van der Waals surface area (Å²) in [6.45, 7) is 2.21. The number of hydrogen-bond acceptors (Lipinski definition) is 1. The minimum absolute atomic E-state index is 0.233. The van der Waals surface area contributed by atoms with E-state index in [4.69, 9.17) is 0 Å². The van der Waals surface area contributed by atoms with Crippen LogP contribution < -0.4 is 4.74 Å². The first kappa shape index (κ1) is 24.8. The molecule has 4 rings (SSSR count). The highest BCUT2D eigenvalue weighted by Gasteiger charge is 2.19. The van der Waals surface area contributed by atoms with Crippen molar-refractivity contribution in [2.75, 3.05) is 7.11 Å². The Kier molecular flexibility index (Phi) is 7.74. The monoisotopic (exact) mass is 480 g/mol. The molecule has 0 amide bonds. The highest BCUT2D eigenvalue weighted by atomic mass is 19.1. The maximum Gasteiger partial charge on any atom is 0.190 e. The Labute approximate surface area is 203 Å². The molecule has 0 aliphatic rings. The second kappa shape index (κ2) is 10.9. The maximum absolute atomic E-state index is 15.0. The van der Waals surface area contributed by atoms with Crippen LogP contribution in [0.5, 0.6) is 5.75 Å². The van der Waals surface area contributed by atoms with Gasteiger partial charge in [0, 0.05) is 0 Å². The molecule has 1 nitrogen and oxygen atoms in total. The third-order valence-electron chi connectivity index (χ3n) is 6.34. The lowest BCUT2D eigenvalue weighted by Gasteiger charge is -2.12. The fourth-order valence-corrected chi connectivity index (χ4v) is 4.48. The summed E-state index contributed by atoms with van der Waals surface area (Å²) in [7, 11) is 1.12. The highest BCUT2D eigenvalue weighted by Crippen LogP contribution is 2.35. The number of hydrogen-bond donors (Lipinski definition) is 0. The summed E-state index contributed by atoms with van der Waals surface area (Å²) in [5.74, 6) is -4.45. The predicted molar refractivity (Wildman–Crippen MR) is 134 cm³/mol. The SMILES string of the molecule is CCCCCCCc1ccc2cc(-c3cc(F)c(-c4cc(F)c(OC)c(F)c4)c(F)c3)ccc2c1. The lowest BCUT2D eigenvalue weighted by atomic mass is 9.96. The van der Waals surface area contributed by atoms with Crippen LogP contribution in [0.4, 0.5) is 17.6 Å². The zero-order valence-corrected chi connectivity index (χ0v) is 19.9. The summed E-state index contributed by atoms with van der Waals surface area (Å²) in [6.07, 6.45) is 7.20. The molecule has 0 aliphatic heterocycles. The number of ether oxygens (including phenoxy) is 1. The molecule has 0 atom stereocenters. The number of unbranched alkanes of at least 4 members (excludes halogenated alkanes) is 4. The summed E-state index contributed by atoms with van der Waals surface area (Å²) >= 11 is 0. The van der Waals surface area contributed by atoms with Gasteiger partial charge in [0.15, 0.2) is 17.4 Å². The van der Waals surface area contributed by atoms with Gasteiger partial charge in [-0.15, -0.1) is 0 Å². The Bertz CT molecular complexity index is 1300. The van der Waals surface area contributed by atoms with Crippen molar-refractivity contribution in [1.82, 2.24) is 0 Å². The van der Waals surface area contributed by atoms with Crippen LogP contribution >= 0.6 is 0 Å². The molecular formula is C30H28F4O. The predicted octanol–water partition coefficient (Wildman–Crippen LogP) is 9.25. The van der Waals surface area contributed by atoms with E-state index in [1.807, 2.05) is 24.3 Å². The van der Waals surface area contributed by atoms with Gasteiger partial charge in [0.2, 0.25) is 0 Å². The Balaban J connectivity index is 1.60. The molecule has 0 heterocycles. The van der Waals surface area contributed by atoms with Crippen LogP contribution in [0.15, 0.2) is 60.7 Å². The van der Waals surface area contributed by atoms with Crippen molar-refractivity contribution in [2.24, 2.45) is 0 Å². The standard InChI is InChI=1S/C30H28F4O/c1-3-4-5-6-7-8-19-9-10-21-14-22(12-11-20(21)13-19)23-15-25(31)29(26(32)16-23)24-17-27(33)30(35-2)28(34)18-24/h9-18H,3-8H2,1-2H3. The van der Waals surface area contributed by atoms with Gasteiger partial charge in [0.1, 0.15) is 11.6 Å². The topological polar surface area (TPSA) is 9.23 Å². The fraction of sp³-hybridized carbons (Fsp3) is 0.267. The molecule has 0 spiro atoms. The third kappa shape index (κ3) is 5.50. The zero-order valence-electron chi connectivity index (χ0n) is 19.9. The second-order valence-electron chi connectivity index (χ2n) is 8.85. The zero-order chi connectivity index (χ0) is 24.9. The summed E-state index contributed by atoms with van der Waals surface area (Å²) in [5.41, 5.74) is 1.56. The van der Waals surface area contributed by atoms with E-state index in [0.29, 0.717) is 11.1 Å². The van der Waals surface area contributed by atoms with E-state index < -0.39 is 34.6 Å². The smallest absolute Gasteiger partial charge is 0.190 e. The number of aryl methyl sites for hydroxylation is 1. The lowest BCUT2D eigenvalue weighted by molar-refractivity contribution is 0.360. The van der Waals surface area contributed by atoms with Crippen LogP contribution in [0.3, 0.4) is 0 Å². The van der Waals surface area contributed by atoms with Gasteiger partial charge in [-0.05, 0) is 76.2 Å². The quantitative estimate of drug-likeness (QED) is 0.171. The molecule has 0 saturated heterocycles. The third-order valence-corrected chi connectivity index (χ3v) is 6.34. The average Bonchev–Trinajstić information content (AvgIpc) is 2.83. The summed E-state index contributed by atoms with van der Waals surface area (Å²) in [4.78, 5) is 0. The van der Waals surface area contributed by atoms with Crippen LogP contribution in [0.25, 0.3) is 33.0 Å². The van der Waals surface area contributed by atoms with Gasteiger partial charge in [-0.3, -0.25) is 0 Å². The lowest BCUT2D eigenvalue weighted by Crippen LogP contribution is -1.97. The molecule has 0 saturated carbocycles. The molecule has 0 aliphatic carbocycles. The molecule has 35 heavy (non-hydrogen) atoms. The average molecular weight is 481 g/mol. The summed E-state index contributed by atoms with van der Waals surface area (Å²) < 4.78 is 62.8. The molecule has 5 heteroatoms. The Hall–Kier alpha value is -3.34. The van der Waals surface area contributed by atoms with Crippen molar-refractivity contribution in [3.05, 3.63) is 89.5 Å². The van der Waals surface area contributed by atoms with Crippen LogP contribution in [0.1, 0.15) is 44.6 Å². The summed E-state index contributed by atoms with van der Waals surface area (Å²) in [6, 6.07) is 16.1. The maximum atomic E-state index is 15.0. The second-order valence-corrected chi connectivity index (χ2v) is 8.85. The van der Waals surface area contributed by atoms with Crippen molar-refractivity contribution in [3.63, 3.8) is 0 Å². The fourth-order valence-electron chi connectivity index (χ4n) is 4.48. The summed E-state index contributed by atoms with van der Waals surface area (Å²) in [5, 5.41) is 2.04. The van der Waals surface area contributed by atoms with Crippen LogP contribution in [-0.2, 0) is 6.42 Å². The Morgan fingerprint density at radius 1 is 0.600 bits per heavy atom. The number of rotatable bonds is 9. The van der Waals surface area contributed by atoms with E-state index in [1.165, 1.54) is 43.4 Å². The van der Waals surface area contributed by atoms with Crippen molar-refractivity contribution in [1.29, 1.82) is 0 Å². The van der Waals surface area contributed by atoms with Crippen LogP contribution in [0, 0.1) is 23.3 Å². The highest BCUT2D eigenvalue weighted by molar-refractivity contribution is 5.88. The molecule has 0 unspecified atom stereocenters. The molecule has 182 valence electrons. The molecule has 4 aromatic rings. The molecule has 0 fully saturated rings. The van der Waals surface area contributed by atoms with Gasteiger partial charge in [0.25, 0.3) is 0 Å². The van der Waals surface area contributed by atoms with E-state index in [2.05, 4.69) is 23.8 Å². The van der Waals surface area contributed by atoms with Gasteiger partial charge in [-0.2, -0.15) is 0 Å². The van der Waals surface area contributed by atoms with Gasteiger partial charge < -0.3 is 4.74 Å². The molecule has 0 bridgehead atoms. The van der Waals surface area contributed by atoms with Crippen LogP contribution in [0.2, 0.25) is 0 Å². The van der Waals surface area contributed by atoms with E-state index in [-0.39, 0.29) is 5.56 Å². The van der Waals surface area contributed by atoms with E-state index in [1.54, 1.807) is 0 Å². The number of benzene rings is 4.